The molecule has 1 fully saturated rings. The highest BCUT2D eigenvalue weighted by Crippen LogP contribution is 2.15. The Morgan fingerprint density at radius 2 is 2.21 bits per heavy atom. The number of rotatable bonds is 6. The van der Waals surface area contributed by atoms with Crippen LogP contribution < -0.4 is 11.1 Å². The van der Waals surface area contributed by atoms with Gasteiger partial charge in [-0.05, 0) is 49.7 Å². The Morgan fingerprint density at radius 3 is 2.92 bits per heavy atom. The van der Waals surface area contributed by atoms with E-state index in [0.29, 0.717) is 18.5 Å². The van der Waals surface area contributed by atoms with E-state index in [-0.39, 0.29) is 0 Å². The first-order valence-electron chi connectivity index (χ1n) is 8.63. The molecule has 1 saturated heterocycles. The van der Waals surface area contributed by atoms with Crippen LogP contribution in [-0.2, 0) is 6.54 Å². The molecular formula is C18H26N6. The minimum absolute atomic E-state index is 0.522. The summed E-state index contributed by atoms with van der Waals surface area (Å²) in [4.78, 5) is 6.94. The van der Waals surface area contributed by atoms with Crippen molar-refractivity contribution in [2.45, 2.75) is 32.4 Å². The first-order valence-corrected chi connectivity index (χ1v) is 8.63. The Hall–Kier alpha value is -2.34. The molecule has 6 heteroatoms. The largest absolute Gasteiger partial charge is 0.370 e. The molecule has 128 valence electrons. The Labute approximate surface area is 143 Å². The van der Waals surface area contributed by atoms with E-state index in [1.165, 1.54) is 19.4 Å². The second-order valence-corrected chi connectivity index (χ2v) is 6.12. The molecule has 1 aliphatic rings. The quantitative estimate of drug-likeness (QED) is 0.627. The summed E-state index contributed by atoms with van der Waals surface area (Å²) >= 11 is 0. The van der Waals surface area contributed by atoms with Gasteiger partial charge in [-0.1, -0.05) is 19.1 Å². The number of hydrogen-bond donors (Lipinski definition) is 2. The Kier molecular flexibility index (Phi) is 5.48. The molecule has 1 atom stereocenters. The molecule has 0 radical (unpaired) electrons. The minimum atomic E-state index is 0.522. The zero-order valence-electron chi connectivity index (χ0n) is 14.2. The second kappa shape index (κ2) is 7.97. The van der Waals surface area contributed by atoms with Gasteiger partial charge in [-0.15, -0.1) is 0 Å². The summed E-state index contributed by atoms with van der Waals surface area (Å²) in [5.74, 6) is 0.522. The molecule has 0 aliphatic carbocycles. The summed E-state index contributed by atoms with van der Waals surface area (Å²) in [5.41, 5.74) is 8.17. The number of nitrogens with one attached hydrogen (secondary N) is 1. The van der Waals surface area contributed by atoms with E-state index in [0.717, 1.165) is 24.3 Å². The van der Waals surface area contributed by atoms with E-state index in [4.69, 9.17) is 5.73 Å². The number of hydrogen-bond acceptors (Lipinski definition) is 3. The lowest BCUT2D eigenvalue weighted by Gasteiger charge is -2.23. The molecule has 0 spiro atoms. The average molecular weight is 326 g/mol. The summed E-state index contributed by atoms with van der Waals surface area (Å²) in [6.45, 7) is 5.97. The lowest BCUT2D eigenvalue weighted by molar-refractivity contribution is 0.267. The van der Waals surface area contributed by atoms with Crippen molar-refractivity contribution in [2.75, 3.05) is 19.6 Å². The van der Waals surface area contributed by atoms with E-state index >= 15 is 0 Å². The summed E-state index contributed by atoms with van der Waals surface area (Å²) in [6, 6.07) is 10.7. The third-order valence-corrected chi connectivity index (χ3v) is 4.56. The van der Waals surface area contributed by atoms with Crippen molar-refractivity contribution in [1.29, 1.82) is 0 Å². The number of likely N-dealkylation sites (N-methyl/N-ethyl adjacent to an activating group) is 1. The zero-order valence-corrected chi connectivity index (χ0v) is 14.2. The fourth-order valence-corrected chi connectivity index (χ4v) is 3.17. The van der Waals surface area contributed by atoms with Crippen LogP contribution in [0.3, 0.4) is 0 Å². The number of aromatic nitrogens is 2. The molecule has 3 N–H and O–H groups in total. The van der Waals surface area contributed by atoms with Crippen LogP contribution in [0.5, 0.6) is 0 Å². The minimum Gasteiger partial charge on any atom is -0.370 e. The molecule has 0 amide bonds. The van der Waals surface area contributed by atoms with E-state index < -0.39 is 0 Å². The van der Waals surface area contributed by atoms with Gasteiger partial charge in [0.1, 0.15) is 0 Å². The molecule has 1 aromatic carbocycles. The van der Waals surface area contributed by atoms with Gasteiger partial charge in [-0.2, -0.15) is 5.10 Å². The van der Waals surface area contributed by atoms with Crippen LogP contribution in [0, 0.1) is 0 Å². The molecular weight excluding hydrogens is 300 g/mol. The van der Waals surface area contributed by atoms with Crippen molar-refractivity contribution in [3.63, 3.8) is 0 Å². The molecule has 0 bridgehead atoms. The fraction of sp³-hybridized carbons (Fsp3) is 0.444. The topological polar surface area (TPSA) is 71.5 Å². The van der Waals surface area contributed by atoms with Crippen LogP contribution in [0.25, 0.3) is 5.69 Å². The van der Waals surface area contributed by atoms with Crippen molar-refractivity contribution >= 4 is 5.96 Å². The lowest BCUT2D eigenvalue weighted by atomic mass is 10.2. The summed E-state index contributed by atoms with van der Waals surface area (Å²) in [5, 5.41) is 7.49. The maximum Gasteiger partial charge on any atom is 0.188 e. The predicted molar refractivity (Wildman–Crippen MR) is 97.2 cm³/mol. The average Bonchev–Trinajstić information content (AvgIpc) is 3.29. The third-order valence-electron chi connectivity index (χ3n) is 4.56. The van der Waals surface area contributed by atoms with Gasteiger partial charge in [0.2, 0.25) is 0 Å². The van der Waals surface area contributed by atoms with Crippen LogP contribution in [0.4, 0.5) is 0 Å². The molecule has 1 unspecified atom stereocenters. The van der Waals surface area contributed by atoms with Crippen molar-refractivity contribution in [3.8, 4) is 5.69 Å². The smallest absolute Gasteiger partial charge is 0.188 e. The molecule has 1 aromatic heterocycles. The van der Waals surface area contributed by atoms with Crippen molar-refractivity contribution in [2.24, 2.45) is 10.7 Å². The molecule has 1 aliphatic heterocycles. The molecule has 2 aromatic rings. The highest BCUT2D eigenvalue weighted by molar-refractivity contribution is 5.77. The van der Waals surface area contributed by atoms with Crippen LogP contribution in [0.1, 0.15) is 25.3 Å². The molecule has 6 nitrogen and oxygen atoms in total. The first-order chi connectivity index (χ1) is 11.8. The highest BCUT2D eigenvalue weighted by atomic mass is 15.3. The lowest BCUT2D eigenvalue weighted by Crippen LogP contribution is -2.42. The van der Waals surface area contributed by atoms with Crippen molar-refractivity contribution in [1.82, 2.24) is 20.0 Å². The van der Waals surface area contributed by atoms with E-state index in [1.54, 1.807) is 6.20 Å². The number of aliphatic imine (C=N–C) groups is 1. The van der Waals surface area contributed by atoms with Gasteiger partial charge in [0.25, 0.3) is 0 Å². The second-order valence-electron chi connectivity index (χ2n) is 6.12. The van der Waals surface area contributed by atoms with Crippen LogP contribution >= 0.6 is 0 Å². The monoisotopic (exact) mass is 326 g/mol. The van der Waals surface area contributed by atoms with Crippen molar-refractivity contribution in [3.05, 3.63) is 48.3 Å². The summed E-state index contributed by atoms with van der Waals surface area (Å²) in [7, 11) is 0. The Morgan fingerprint density at radius 1 is 1.38 bits per heavy atom. The van der Waals surface area contributed by atoms with Crippen LogP contribution in [-0.4, -0.2) is 46.3 Å². The van der Waals surface area contributed by atoms with E-state index in [1.807, 2.05) is 29.1 Å². The first kappa shape index (κ1) is 16.5. The van der Waals surface area contributed by atoms with E-state index in [2.05, 4.69) is 39.4 Å². The zero-order chi connectivity index (χ0) is 16.8. The molecule has 0 saturated carbocycles. The molecule has 3 rings (SSSR count). The predicted octanol–water partition coefficient (Wildman–Crippen LogP) is 1.76. The number of nitrogens with two attached hydrogens (primary N) is 1. The van der Waals surface area contributed by atoms with Gasteiger partial charge < -0.3 is 11.1 Å². The van der Waals surface area contributed by atoms with Gasteiger partial charge in [0, 0.05) is 25.0 Å². The van der Waals surface area contributed by atoms with Gasteiger partial charge in [-0.3, -0.25) is 4.90 Å². The fourth-order valence-electron chi connectivity index (χ4n) is 3.17. The van der Waals surface area contributed by atoms with Gasteiger partial charge >= 0.3 is 0 Å². The molecule has 24 heavy (non-hydrogen) atoms. The summed E-state index contributed by atoms with van der Waals surface area (Å²) in [6.07, 6.45) is 6.22. The Bertz CT molecular complexity index is 647. The van der Waals surface area contributed by atoms with Gasteiger partial charge in [0.05, 0.1) is 12.2 Å². The summed E-state index contributed by atoms with van der Waals surface area (Å²) < 4.78 is 1.84. The Balaban J connectivity index is 1.49. The number of guanidine groups is 1. The number of benzene rings is 1. The normalized spacial score (nSPS) is 18.9. The maximum atomic E-state index is 6.00. The highest BCUT2D eigenvalue weighted by Gasteiger charge is 2.22. The third kappa shape index (κ3) is 4.14. The SMILES string of the molecule is CCN1CCCC1CNC(N)=NCc1ccc(-n2cccn2)cc1. The van der Waals surface area contributed by atoms with Crippen LogP contribution in [0.15, 0.2) is 47.7 Å². The standard InChI is InChI=1S/C18H26N6/c1-2-23-11-3-5-17(23)14-21-18(19)20-13-15-6-8-16(9-7-15)24-12-4-10-22-24/h4,6-10,12,17H,2-3,5,11,13-14H2,1H3,(H3,19,20,21). The number of likely N-dealkylation sites (tertiary alicyclic amines) is 1. The maximum absolute atomic E-state index is 6.00. The molecule has 2 heterocycles. The van der Waals surface area contributed by atoms with Crippen LogP contribution in [0.2, 0.25) is 0 Å². The van der Waals surface area contributed by atoms with Gasteiger partial charge in [-0.25, -0.2) is 9.67 Å². The van der Waals surface area contributed by atoms with E-state index in [9.17, 15) is 0 Å². The van der Waals surface area contributed by atoms with Gasteiger partial charge in [0.15, 0.2) is 5.96 Å². The number of nitrogens with zero attached hydrogens (tertiary/aromatic N) is 4. The van der Waals surface area contributed by atoms with Crippen molar-refractivity contribution < 1.29 is 0 Å².